The van der Waals surface area contributed by atoms with Crippen molar-refractivity contribution in [3.63, 3.8) is 0 Å². The number of Topliss-reactive ketones (excluding diaryl/α,β-unsaturated/α-hetero) is 1. The third kappa shape index (κ3) is 5.63. The Labute approximate surface area is 137 Å². The van der Waals surface area contributed by atoms with Crippen LogP contribution in [-0.2, 0) is 4.74 Å². The van der Waals surface area contributed by atoms with Crippen LogP contribution in [0.4, 0.5) is 4.79 Å². The average Bonchev–Trinajstić information content (AvgIpc) is 2.95. The first-order chi connectivity index (χ1) is 10.8. The van der Waals surface area contributed by atoms with Crippen LogP contribution in [0.5, 0.6) is 0 Å². The minimum Gasteiger partial charge on any atom is -0.444 e. The number of ketones is 1. The Hall–Kier alpha value is -1.95. The van der Waals surface area contributed by atoms with E-state index in [0.29, 0.717) is 31.2 Å². The zero-order chi connectivity index (χ0) is 16.9. The summed E-state index contributed by atoms with van der Waals surface area (Å²) in [6.45, 7) is 7.93. The van der Waals surface area contributed by atoms with Gasteiger partial charge in [0.2, 0.25) is 0 Å². The Morgan fingerprint density at radius 3 is 2.83 bits per heavy atom. The number of nitrogens with one attached hydrogen (secondary N) is 1. The van der Waals surface area contributed by atoms with Gasteiger partial charge in [-0.1, -0.05) is 6.07 Å². The van der Waals surface area contributed by atoms with Gasteiger partial charge in [0.05, 0.1) is 6.54 Å². The minimum atomic E-state index is -0.470. The molecule has 6 heteroatoms. The number of likely N-dealkylation sites (tertiary alicyclic amines) is 1. The number of hydrogen-bond acceptors (Lipinski definition) is 5. The maximum atomic E-state index is 12.0. The number of carbonyl (C=O) groups excluding carboxylic acids is 2. The van der Waals surface area contributed by atoms with E-state index in [1.54, 1.807) is 29.3 Å². The van der Waals surface area contributed by atoms with Gasteiger partial charge in [-0.25, -0.2) is 4.79 Å². The average molecular weight is 319 g/mol. The molecule has 2 heterocycles. The summed E-state index contributed by atoms with van der Waals surface area (Å²) < 4.78 is 5.37. The molecule has 1 N–H and O–H groups in total. The number of aromatic nitrogens is 1. The van der Waals surface area contributed by atoms with Crippen LogP contribution < -0.4 is 5.32 Å². The lowest BCUT2D eigenvalue weighted by Crippen LogP contribution is -2.36. The minimum absolute atomic E-state index is 0.0207. The molecule has 0 aliphatic carbocycles. The number of hydrogen-bond donors (Lipinski definition) is 1. The molecular formula is C17H25N3O3. The third-order valence-corrected chi connectivity index (χ3v) is 3.61. The molecule has 0 aromatic carbocycles. The molecule has 0 unspecified atom stereocenters. The van der Waals surface area contributed by atoms with Crippen molar-refractivity contribution < 1.29 is 14.3 Å². The molecule has 1 amide bonds. The predicted molar refractivity (Wildman–Crippen MR) is 87.4 cm³/mol. The molecule has 2 rings (SSSR count). The smallest absolute Gasteiger partial charge is 0.410 e. The SMILES string of the molecule is CC(C)(C)OC(=O)N1CC[C@@H](CNCC(=O)c2ccccn2)C1. The van der Waals surface area contributed by atoms with E-state index in [1.807, 2.05) is 20.8 Å². The van der Waals surface area contributed by atoms with Gasteiger partial charge in [-0.15, -0.1) is 0 Å². The predicted octanol–water partition coefficient (Wildman–Crippen LogP) is 2.11. The van der Waals surface area contributed by atoms with Crippen LogP contribution in [-0.4, -0.2) is 53.5 Å². The zero-order valence-electron chi connectivity index (χ0n) is 14.0. The van der Waals surface area contributed by atoms with Crippen molar-refractivity contribution in [1.82, 2.24) is 15.2 Å². The number of carbonyl (C=O) groups is 2. The second-order valence-corrected chi connectivity index (χ2v) is 6.85. The summed E-state index contributed by atoms with van der Waals surface area (Å²) in [6, 6.07) is 5.30. The van der Waals surface area contributed by atoms with Crippen LogP contribution in [0.3, 0.4) is 0 Å². The Balaban J connectivity index is 1.70. The van der Waals surface area contributed by atoms with Crippen molar-refractivity contribution in [2.45, 2.75) is 32.8 Å². The van der Waals surface area contributed by atoms with Crippen LogP contribution in [0.25, 0.3) is 0 Å². The van der Waals surface area contributed by atoms with Crippen molar-refractivity contribution in [2.75, 3.05) is 26.2 Å². The number of rotatable bonds is 5. The fourth-order valence-corrected chi connectivity index (χ4v) is 2.50. The summed E-state index contributed by atoms with van der Waals surface area (Å²) in [5, 5.41) is 3.16. The van der Waals surface area contributed by atoms with E-state index in [0.717, 1.165) is 6.42 Å². The van der Waals surface area contributed by atoms with Gasteiger partial charge in [-0.05, 0) is 45.2 Å². The molecule has 126 valence electrons. The highest BCUT2D eigenvalue weighted by Gasteiger charge is 2.29. The Bertz CT molecular complexity index is 540. The van der Waals surface area contributed by atoms with Gasteiger partial charge in [0.25, 0.3) is 0 Å². The van der Waals surface area contributed by atoms with E-state index < -0.39 is 5.60 Å². The highest BCUT2D eigenvalue weighted by atomic mass is 16.6. The molecule has 0 radical (unpaired) electrons. The Morgan fingerprint density at radius 2 is 2.17 bits per heavy atom. The molecule has 1 fully saturated rings. The molecule has 6 nitrogen and oxygen atoms in total. The molecule has 1 aliphatic rings. The van der Waals surface area contributed by atoms with Crippen LogP contribution in [0, 0.1) is 5.92 Å². The van der Waals surface area contributed by atoms with Crippen LogP contribution in [0.1, 0.15) is 37.7 Å². The summed E-state index contributed by atoms with van der Waals surface area (Å²) >= 11 is 0. The van der Waals surface area contributed by atoms with E-state index in [-0.39, 0.29) is 18.4 Å². The maximum Gasteiger partial charge on any atom is 0.410 e. The van der Waals surface area contributed by atoms with Crippen molar-refractivity contribution in [1.29, 1.82) is 0 Å². The summed E-state index contributed by atoms with van der Waals surface area (Å²) in [7, 11) is 0. The third-order valence-electron chi connectivity index (χ3n) is 3.61. The number of ether oxygens (including phenoxy) is 1. The molecule has 1 aromatic heterocycles. The van der Waals surface area contributed by atoms with Gasteiger partial charge in [0.15, 0.2) is 5.78 Å². The van der Waals surface area contributed by atoms with Crippen LogP contribution >= 0.6 is 0 Å². The molecule has 1 aromatic rings. The second kappa shape index (κ2) is 7.55. The van der Waals surface area contributed by atoms with Crippen LogP contribution in [0.2, 0.25) is 0 Å². The Kier molecular flexibility index (Phi) is 5.71. The van der Waals surface area contributed by atoms with Crippen LogP contribution in [0.15, 0.2) is 24.4 Å². The lowest BCUT2D eigenvalue weighted by Gasteiger charge is -2.24. The molecule has 1 aliphatic heterocycles. The van der Waals surface area contributed by atoms with Crippen molar-refractivity contribution >= 4 is 11.9 Å². The van der Waals surface area contributed by atoms with E-state index in [2.05, 4.69) is 10.3 Å². The maximum absolute atomic E-state index is 12.0. The van der Waals surface area contributed by atoms with Gasteiger partial charge in [-0.2, -0.15) is 0 Å². The van der Waals surface area contributed by atoms with E-state index in [4.69, 9.17) is 4.74 Å². The van der Waals surface area contributed by atoms with Gasteiger partial charge in [-0.3, -0.25) is 9.78 Å². The van der Waals surface area contributed by atoms with Gasteiger partial charge >= 0.3 is 6.09 Å². The topological polar surface area (TPSA) is 71.5 Å². The standard InChI is InChI=1S/C17H25N3O3/c1-17(2,3)23-16(22)20-9-7-13(12-20)10-18-11-15(21)14-6-4-5-8-19-14/h4-6,8,13,18H,7,9-12H2,1-3H3/t13-/m0/s1. The van der Waals surface area contributed by atoms with Gasteiger partial charge < -0.3 is 15.0 Å². The van der Waals surface area contributed by atoms with E-state index in [1.165, 1.54) is 0 Å². The fraction of sp³-hybridized carbons (Fsp3) is 0.588. The summed E-state index contributed by atoms with van der Waals surface area (Å²) in [6.07, 6.45) is 2.27. The normalized spacial score (nSPS) is 18.0. The van der Waals surface area contributed by atoms with E-state index in [9.17, 15) is 9.59 Å². The zero-order valence-corrected chi connectivity index (χ0v) is 14.0. The summed E-state index contributed by atoms with van der Waals surface area (Å²) in [5.41, 5.74) is 0.00417. The first-order valence-electron chi connectivity index (χ1n) is 7.98. The molecule has 1 atom stereocenters. The molecule has 0 spiro atoms. The van der Waals surface area contributed by atoms with Crippen molar-refractivity contribution in [3.8, 4) is 0 Å². The number of nitrogens with zero attached hydrogens (tertiary/aromatic N) is 2. The molecule has 1 saturated heterocycles. The highest BCUT2D eigenvalue weighted by molar-refractivity contribution is 5.95. The lowest BCUT2D eigenvalue weighted by molar-refractivity contribution is 0.0288. The lowest BCUT2D eigenvalue weighted by atomic mass is 10.1. The molecule has 0 saturated carbocycles. The van der Waals surface area contributed by atoms with Gasteiger partial charge in [0.1, 0.15) is 11.3 Å². The second-order valence-electron chi connectivity index (χ2n) is 6.85. The quantitative estimate of drug-likeness (QED) is 0.842. The molecule has 0 bridgehead atoms. The van der Waals surface area contributed by atoms with Gasteiger partial charge in [0, 0.05) is 25.8 Å². The highest BCUT2D eigenvalue weighted by Crippen LogP contribution is 2.18. The fourth-order valence-electron chi connectivity index (χ4n) is 2.50. The molecular weight excluding hydrogens is 294 g/mol. The summed E-state index contributed by atoms with van der Waals surface area (Å²) in [5.74, 6) is 0.326. The first kappa shape index (κ1) is 17.4. The first-order valence-corrected chi connectivity index (χ1v) is 7.98. The van der Waals surface area contributed by atoms with E-state index >= 15 is 0 Å². The molecule has 23 heavy (non-hydrogen) atoms. The van der Waals surface area contributed by atoms with Crippen molar-refractivity contribution in [3.05, 3.63) is 30.1 Å². The number of pyridine rings is 1. The monoisotopic (exact) mass is 319 g/mol. The summed E-state index contributed by atoms with van der Waals surface area (Å²) in [4.78, 5) is 29.7. The Morgan fingerprint density at radius 1 is 1.39 bits per heavy atom. The van der Waals surface area contributed by atoms with Crippen molar-refractivity contribution in [2.24, 2.45) is 5.92 Å². The number of amides is 1. The largest absolute Gasteiger partial charge is 0.444 e.